The number of rotatable bonds is 2. The molecule has 0 amide bonds. The third kappa shape index (κ3) is 2.37. The highest BCUT2D eigenvalue weighted by Gasteiger charge is 2.66. The third-order valence-corrected chi connectivity index (χ3v) is 7.68. The van der Waals surface area contributed by atoms with E-state index < -0.39 is 50.2 Å². The molecule has 1 fully saturated rings. The summed E-state index contributed by atoms with van der Waals surface area (Å²) in [6.45, 7) is 3.24. The molecule has 1 aromatic carbocycles. The lowest BCUT2D eigenvalue weighted by molar-refractivity contribution is -0.137. The van der Waals surface area contributed by atoms with Gasteiger partial charge < -0.3 is 10.2 Å². The highest BCUT2D eigenvalue weighted by Crippen LogP contribution is 2.66. The van der Waals surface area contributed by atoms with Gasteiger partial charge in [0, 0.05) is 11.1 Å². The summed E-state index contributed by atoms with van der Waals surface area (Å²) in [4.78, 5) is 0. The van der Waals surface area contributed by atoms with Crippen molar-refractivity contribution in [2.75, 3.05) is 6.26 Å². The molecule has 1 aromatic heterocycles. The van der Waals surface area contributed by atoms with Crippen LogP contribution in [0.2, 0.25) is 0 Å². The first-order chi connectivity index (χ1) is 13.7. The summed E-state index contributed by atoms with van der Waals surface area (Å²) >= 11 is 0. The average Bonchev–Trinajstić information content (AvgIpc) is 3.13. The molecule has 2 unspecified atom stereocenters. The highest BCUT2D eigenvalue weighted by molar-refractivity contribution is 7.88. The maximum absolute atomic E-state index is 13.4. The van der Waals surface area contributed by atoms with Crippen molar-refractivity contribution in [2.24, 2.45) is 0 Å². The van der Waals surface area contributed by atoms with Crippen molar-refractivity contribution < 1.29 is 31.8 Å². The molecule has 4 rings (SSSR count). The van der Waals surface area contributed by atoms with E-state index in [1.54, 1.807) is 13.8 Å². The zero-order valence-electron chi connectivity index (χ0n) is 16.2. The predicted molar refractivity (Wildman–Crippen MR) is 99.4 cm³/mol. The summed E-state index contributed by atoms with van der Waals surface area (Å²) in [6, 6.07) is 4.30. The normalized spacial score (nSPS) is 26.0. The number of sulfonamides is 1. The molecule has 0 radical (unpaired) electrons. The van der Waals surface area contributed by atoms with Crippen LogP contribution in [0.15, 0.2) is 18.2 Å². The van der Waals surface area contributed by atoms with Crippen LogP contribution in [0.25, 0.3) is 5.69 Å². The zero-order chi connectivity index (χ0) is 22.4. The van der Waals surface area contributed by atoms with Crippen molar-refractivity contribution in [2.45, 2.75) is 43.9 Å². The maximum atomic E-state index is 13.4. The SMILES string of the molecule is CC12CCC(C)(c3c1c(O)n(-c1ccc(C#N)c(C(F)(F)F)c1)c3O)N2S(C)(=O)=O. The van der Waals surface area contributed by atoms with E-state index in [4.69, 9.17) is 5.26 Å². The molecule has 0 saturated carbocycles. The number of hydrogen-bond acceptors (Lipinski definition) is 5. The number of hydrogen-bond donors (Lipinski definition) is 2. The number of fused-ring (bicyclic) bond motifs is 5. The number of aromatic nitrogens is 1. The Morgan fingerprint density at radius 2 is 1.60 bits per heavy atom. The molecular weight excluding hydrogens is 423 g/mol. The fourth-order valence-corrected chi connectivity index (χ4v) is 7.06. The molecule has 7 nitrogen and oxygen atoms in total. The molecule has 11 heteroatoms. The maximum Gasteiger partial charge on any atom is 0.417 e. The van der Waals surface area contributed by atoms with E-state index in [1.807, 2.05) is 0 Å². The summed E-state index contributed by atoms with van der Waals surface area (Å²) < 4.78 is 67.2. The van der Waals surface area contributed by atoms with Crippen molar-refractivity contribution >= 4 is 10.0 Å². The van der Waals surface area contributed by atoms with Crippen LogP contribution in [0.4, 0.5) is 13.2 Å². The van der Waals surface area contributed by atoms with E-state index in [0.717, 1.165) is 16.9 Å². The monoisotopic (exact) mass is 441 g/mol. The summed E-state index contributed by atoms with van der Waals surface area (Å²) in [7, 11) is -3.72. The second-order valence-corrected chi connectivity index (χ2v) is 9.98. The number of aromatic hydroxyl groups is 2. The van der Waals surface area contributed by atoms with Gasteiger partial charge in [0.15, 0.2) is 0 Å². The quantitative estimate of drug-likeness (QED) is 0.744. The molecule has 0 spiro atoms. The largest absolute Gasteiger partial charge is 0.494 e. The Balaban J connectivity index is 2.00. The number of benzene rings is 1. The van der Waals surface area contributed by atoms with Gasteiger partial charge in [-0.1, -0.05) is 0 Å². The molecule has 0 aliphatic carbocycles. The second kappa shape index (κ2) is 5.70. The molecule has 2 N–H and O–H groups in total. The van der Waals surface area contributed by atoms with Gasteiger partial charge in [0.05, 0.1) is 40.2 Å². The Morgan fingerprint density at radius 1 is 1.10 bits per heavy atom. The van der Waals surface area contributed by atoms with Crippen LogP contribution < -0.4 is 0 Å². The van der Waals surface area contributed by atoms with E-state index >= 15 is 0 Å². The van der Waals surface area contributed by atoms with Crippen LogP contribution in [0, 0.1) is 11.3 Å². The molecule has 160 valence electrons. The molecule has 3 heterocycles. The Bertz CT molecular complexity index is 1200. The minimum absolute atomic E-state index is 0.178. The minimum atomic E-state index is -4.81. The third-order valence-electron chi connectivity index (χ3n) is 6.21. The van der Waals surface area contributed by atoms with Crippen LogP contribution in [0.3, 0.4) is 0 Å². The van der Waals surface area contributed by atoms with Crippen LogP contribution in [0.1, 0.15) is 48.9 Å². The van der Waals surface area contributed by atoms with Crippen molar-refractivity contribution in [1.29, 1.82) is 5.26 Å². The number of nitrogens with zero attached hydrogens (tertiary/aromatic N) is 3. The lowest BCUT2D eigenvalue weighted by Gasteiger charge is -2.34. The van der Waals surface area contributed by atoms with Crippen molar-refractivity contribution in [3.05, 3.63) is 40.5 Å². The first-order valence-electron chi connectivity index (χ1n) is 8.98. The van der Waals surface area contributed by atoms with E-state index in [-0.39, 0.29) is 16.8 Å². The molecule has 2 aliphatic rings. The number of halogens is 3. The van der Waals surface area contributed by atoms with Gasteiger partial charge in [-0.05, 0) is 44.9 Å². The Kier molecular flexibility index (Phi) is 3.91. The summed E-state index contributed by atoms with van der Waals surface area (Å²) in [6.07, 6.45) is -3.02. The van der Waals surface area contributed by atoms with Crippen LogP contribution >= 0.6 is 0 Å². The highest BCUT2D eigenvalue weighted by atomic mass is 32.2. The lowest BCUT2D eigenvalue weighted by atomic mass is 9.80. The van der Waals surface area contributed by atoms with Crippen LogP contribution in [0.5, 0.6) is 11.8 Å². The molecule has 1 saturated heterocycles. The van der Waals surface area contributed by atoms with Gasteiger partial charge in [0.2, 0.25) is 21.8 Å². The summed E-state index contributed by atoms with van der Waals surface area (Å²) in [5, 5.41) is 30.8. The van der Waals surface area contributed by atoms with Crippen molar-refractivity contribution in [3.8, 4) is 23.5 Å². The van der Waals surface area contributed by atoms with Gasteiger partial charge in [-0.2, -0.15) is 22.7 Å². The van der Waals surface area contributed by atoms with Crippen LogP contribution in [-0.4, -0.2) is 33.8 Å². The molecule has 2 bridgehead atoms. The first-order valence-corrected chi connectivity index (χ1v) is 10.8. The summed E-state index contributed by atoms with van der Waals surface area (Å²) in [5.41, 5.74) is -3.92. The fraction of sp³-hybridized carbons (Fsp3) is 0.421. The number of nitriles is 1. The topological polar surface area (TPSA) is 107 Å². The summed E-state index contributed by atoms with van der Waals surface area (Å²) in [5.74, 6) is -1.06. The van der Waals surface area contributed by atoms with Gasteiger partial charge in [0.1, 0.15) is 0 Å². The molecule has 30 heavy (non-hydrogen) atoms. The first kappa shape index (κ1) is 20.6. The number of alkyl halides is 3. The fourth-order valence-electron chi connectivity index (χ4n) is 5.24. The van der Waals surface area contributed by atoms with E-state index in [2.05, 4.69) is 0 Å². The Labute approximate surface area is 170 Å². The lowest BCUT2D eigenvalue weighted by Crippen LogP contribution is -2.45. The van der Waals surface area contributed by atoms with Crippen LogP contribution in [-0.2, 0) is 27.3 Å². The molecular formula is C19H18F3N3O4S. The van der Waals surface area contributed by atoms with Crippen molar-refractivity contribution in [1.82, 2.24) is 8.87 Å². The Hall–Kier alpha value is -2.71. The van der Waals surface area contributed by atoms with Gasteiger partial charge in [-0.15, -0.1) is 0 Å². The molecule has 2 aliphatic heterocycles. The molecule has 2 aromatic rings. The zero-order valence-corrected chi connectivity index (χ0v) is 17.1. The smallest absolute Gasteiger partial charge is 0.417 e. The Morgan fingerprint density at radius 3 is 2.00 bits per heavy atom. The van der Waals surface area contributed by atoms with Gasteiger partial charge in [-0.3, -0.25) is 4.57 Å². The average molecular weight is 441 g/mol. The van der Waals surface area contributed by atoms with E-state index in [0.29, 0.717) is 18.9 Å². The predicted octanol–water partition coefficient (Wildman–Crippen LogP) is 3.28. The second-order valence-electron chi connectivity index (χ2n) is 8.15. The van der Waals surface area contributed by atoms with E-state index in [9.17, 15) is 31.8 Å². The van der Waals surface area contributed by atoms with Gasteiger partial charge in [0.25, 0.3) is 0 Å². The van der Waals surface area contributed by atoms with E-state index in [1.165, 1.54) is 16.4 Å². The van der Waals surface area contributed by atoms with Crippen molar-refractivity contribution in [3.63, 3.8) is 0 Å². The standard InChI is InChI=1S/C19H18F3N3O4S/c1-17-6-7-18(2,25(17)30(3,28)29)14-13(17)15(26)24(16(14)27)11-5-4-10(9-23)12(8-11)19(20,21)22/h4-5,8,26-27H,6-7H2,1-3H3. The minimum Gasteiger partial charge on any atom is -0.494 e. The van der Waals surface area contributed by atoms with Gasteiger partial charge >= 0.3 is 6.18 Å². The molecule has 2 atom stereocenters. The van der Waals surface area contributed by atoms with Gasteiger partial charge in [-0.25, -0.2) is 8.42 Å².